The van der Waals surface area contributed by atoms with Crippen molar-refractivity contribution in [2.24, 2.45) is 0 Å². The fourth-order valence-electron chi connectivity index (χ4n) is 1.53. The molecule has 0 fully saturated rings. The summed E-state index contributed by atoms with van der Waals surface area (Å²) >= 11 is 0. The van der Waals surface area contributed by atoms with Gasteiger partial charge in [0.05, 0.1) is 12.6 Å². The predicted octanol–water partition coefficient (Wildman–Crippen LogP) is 1.69. The number of ether oxygens (including phenoxy) is 1. The monoisotopic (exact) mass is 275 g/mol. The number of methoxy groups -OCH3 is 1. The van der Waals surface area contributed by atoms with Gasteiger partial charge in [0.1, 0.15) is 12.1 Å². The maximum Gasteiger partial charge on any atom is 0.280 e. The lowest BCUT2D eigenvalue weighted by atomic mass is 10.1. The van der Waals surface area contributed by atoms with Crippen LogP contribution in [0.1, 0.15) is 31.3 Å². The van der Waals surface area contributed by atoms with Gasteiger partial charge in [0, 0.05) is 6.20 Å². The van der Waals surface area contributed by atoms with E-state index in [9.17, 15) is 4.79 Å². The summed E-state index contributed by atoms with van der Waals surface area (Å²) in [6, 6.07) is 3.37. The van der Waals surface area contributed by atoms with Crippen LogP contribution in [0.5, 0.6) is 5.75 Å². The van der Waals surface area contributed by atoms with Crippen molar-refractivity contribution in [1.29, 1.82) is 0 Å². The Kier molecular flexibility index (Phi) is 3.69. The molecule has 0 aliphatic rings. The molecule has 0 aliphatic carbocycles. The minimum Gasteiger partial charge on any atom is -0.494 e. The van der Waals surface area contributed by atoms with Crippen LogP contribution in [0.2, 0.25) is 0 Å². The summed E-state index contributed by atoms with van der Waals surface area (Å²) in [5, 5.41) is 6.81. The molecule has 2 aromatic rings. The van der Waals surface area contributed by atoms with Crippen LogP contribution in [0.4, 0.5) is 5.95 Å². The third kappa shape index (κ3) is 2.93. The van der Waals surface area contributed by atoms with Crippen molar-refractivity contribution in [1.82, 2.24) is 19.7 Å². The number of hydrogen-bond acceptors (Lipinski definition) is 5. The van der Waals surface area contributed by atoms with Crippen molar-refractivity contribution >= 4 is 11.9 Å². The molecule has 1 N–H and O–H groups in total. The molecule has 20 heavy (non-hydrogen) atoms. The topological polar surface area (TPSA) is 81.9 Å². The largest absolute Gasteiger partial charge is 0.494 e. The highest BCUT2D eigenvalue weighted by Gasteiger charge is 2.18. The Morgan fingerprint density at radius 3 is 2.70 bits per heavy atom. The Morgan fingerprint density at radius 1 is 1.35 bits per heavy atom. The van der Waals surface area contributed by atoms with Crippen LogP contribution in [0.15, 0.2) is 24.7 Å². The van der Waals surface area contributed by atoms with Gasteiger partial charge < -0.3 is 4.74 Å². The van der Waals surface area contributed by atoms with E-state index in [0.29, 0.717) is 5.75 Å². The third-order valence-corrected chi connectivity index (χ3v) is 2.61. The second-order valence-electron chi connectivity index (χ2n) is 5.19. The Labute approximate surface area is 117 Å². The first-order chi connectivity index (χ1) is 9.41. The van der Waals surface area contributed by atoms with Crippen molar-refractivity contribution in [3.8, 4) is 5.75 Å². The Morgan fingerprint density at radius 2 is 2.10 bits per heavy atom. The number of aromatic nitrogens is 4. The van der Waals surface area contributed by atoms with Gasteiger partial charge in [0.25, 0.3) is 5.91 Å². The molecule has 106 valence electrons. The van der Waals surface area contributed by atoms with Crippen LogP contribution in [0.25, 0.3) is 0 Å². The predicted molar refractivity (Wildman–Crippen MR) is 73.8 cm³/mol. The van der Waals surface area contributed by atoms with E-state index in [1.54, 1.807) is 23.1 Å². The van der Waals surface area contributed by atoms with Crippen molar-refractivity contribution < 1.29 is 9.53 Å². The van der Waals surface area contributed by atoms with Crippen molar-refractivity contribution in [3.63, 3.8) is 0 Å². The molecule has 2 aromatic heterocycles. The first kappa shape index (κ1) is 14.0. The van der Waals surface area contributed by atoms with E-state index in [4.69, 9.17) is 4.74 Å². The van der Waals surface area contributed by atoms with Gasteiger partial charge >= 0.3 is 0 Å². The summed E-state index contributed by atoms with van der Waals surface area (Å²) in [5.41, 5.74) is 0.000628. The van der Waals surface area contributed by atoms with Crippen LogP contribution in [-0.2, 0) is 5.54 Å². The molecular weight excluding hydrogens is 258 g/mol. The fraction of sp³-hybridized carbons (Fsp3) is 0.385. The number of nitrogens with zero attached hydrogens (tertiary/aromatic N) is 4. The summed E-state index contributed by atoms with van der Waals surface area (Å²) < 4.78 is 6.77. The van der Waals surface area contributed by atoms with E-state index in [1.165, 1.54) is 13.3 Å². The molecule has 0 aromatic carbocycles. The molecule has 7 heteroatoms. The van der Waals surface area contributed by atoms with Crippen molar-refractivity contribution in [3.05, 3.63) is 30.4 Å². The summed E-state index contributed by atoms with van der Waals surface area (Å²) in [6.07, 6.45) is 3.10. The lowest BCUT2D eigenvalue weighted by Crippen LogP contribution is -2.23. The molecule has 0 spiro atoms. The first-order valence-corrected chi connectivity index (χ1v) is 6.14. The molecule has 0 saturated carbocycles. The van der Waals surface area contributed by atoms with Gasteiger partial charge in [0.15, 0.2) is 5.69 Å². The standard InChI is InChI=1S/C13H17N5O2/c1-13(2,3)18-8-15-12(17-18)16-11(19)10-9(20-4)6-5-7-14-10/h5-8H,1-4H3,(H,16,17,19). The van der Waals surface area contributed by atoms with Gasteiger partial charge in [0.2, 0.25) is 5.95 Å². The van der Waals surface area contributed by atoms with E-state index in [-0.39, 0.29) is 17.2 Å². The molecule has 2 rings (SSSR count). The average Bonchev–Trinajstić information content (AvgIpc) is 2.87. The highest BCUT2D eigenvalue weighted by molar-refractivity contribution is 6.03. The molecule has 1 amide bonds. The first-order valence-electron chi connectivity index (χ1n) is 6.14. The molecule has 0 saturated heterocycles. The second-order valence-corrected chi connectivity index (χ2v) is 5.19. The lowest BCUT2D eigenvalue weighted by Gasteiger charge is -2.17. The van der Waals surface area contributed by atoms with Crippen LogP contribution in [-0.4, -0.2) is 32.8 Å². The minimum atomic E-state index is -0.408. The van der Waals surface area contributed by atoms with Gasteiger partial charge in [-0.15, -0.1) is 5.10 Å². The number of nitrogens with one attached hydrogen (secondary N) is 1. The average molecular weight is 275 g/mol. The Balaban J connectivity index is 2.18. The van der Waals surface area contributed by atoms with Crippen molar-refractivity contribution in [2.45, 2.75) is 26.3 Å². The molecular formula is C13H17N5O2. The van der Waals surface area contributed by atoms with Crippen molar-refractivity contribution in [2.75, 3.05) is 12.4 Å². The number of pyridine rings is 1. The van der Waals surface area contributed by atoms with Crippen LogP contribution in [0, 0.1) is 0 Å². The lowest BCUT2D eigenvalue weighted by molar-refractivity contribution is 0.101. The zero-order valence-electron chi connectivity index (χ0n) is 11.9. The number of amides is 1. The molecule has 7 nitrogen and oxygen atoms in total. The smallest absolute Gasteiger partial charge is 0.280 e. The number of anilines is 1. The zero-order valence-corrected chi connectivity index (χ0v) is 11.9. The number of rotatable bonds is 3. The number of hydrogen-bond donors (Lipinski definition) is 1. The third-order valence-electron chi connectivity index (χ3n) is 2.61. The van der Waals surface area contributed by atoms with Crippen LogP contribution >= 0.6 is 0 Å². The highest BCUT2D eigenvalue weighted by Crippen LogP contribution is 2.16. The molecule has 2 heterocycles. The van der Waals surface area contributed by atoms with Gasteiger partial charge in [-0.2, -0.15) is 0 Å². The quantitative estimate of drug-likeness (QED) is 0.921. The highest BCUT2D eigenvalue weighted by atomic mass is 16.5. The number of carbonyl (C=O) groups is 1. The number of carbonyl (C=O) groups excluding carboxylic acids is 1. The molecule has 0 aliphatic heterocycles. The van der Waals surface area contributed by atoms with E-state index in [1.807, 2.05) is 20.8 Å². The van der Waals surface area contributed by atoms with Gasteiger partial charge in [-0.25, -0.2) is 14.6 Å². The Bertz CT molecular complexity index is 615. The van der Waals surface area contributed by atoms with Gasteiger partial charge in [-0.1, -0.05) is 0 Å². The Hall–Kier alpha value is -2.44. The summed E-state index contributed by atoms with van der Waals surface area (Å²) in [6.45, 7) is 5.99. The van der Waals surface area contributed by atoms with Gasteiger partial charge in [-0.05, 0) is 32.9 Å². The van der Waals surface area contributed by atoms with Crippen LogP contribution in [0.3, 0.4) is 0 Å². The summed E-state index contributed by atoms with van der Waals surface area (Å²) in [5.74, 6) is 0.229. The van der Waals surface area contributed by atoms with Crippen LogP contribution < -0.4 is 10.1 Å². The van der Waals surface area contributed by atoms with E-state index >= 15 is 0 Å². The normalized spacial score (nSPS) is 11.2. The molecule has 0 bridgehead atoms. The molecule has 0 radical (unpaired) electrons. The maximum atomic E-state index is 12.1. The van der Waals surface area contributed by atoms with E-state index < -0.39 is 5.91 Å². The minimum absolute atomic E-state index is 0.196. The second kappa shape index (κ2) is 5.28. The summed E-state index contributed by atoms with van der Waals surface area (Å²) in [4.78, 5) is 20.2. The molecule has 0 unspecified atom stereocenters. The molecule has 0 atom stereocenters. The SMILES string of the molecule is COc1cccnc1C(=O)Nc1ncn(C(C)(C)C)n1. The fourth-order valence-corrected chi connectivity index (χ4v) is 1.53. The van der Waals surface area contributed by atoms with Gasteiger partial charge in [-0.3, -0.25) is 10.1 Å². The summed E-state index contributed by atoms with van der Waals surface area (Å²) in [7, 11) is 1.49. The maximum absolute atomic E-state index is 12.1. The van der Waals surface area contributed by atoms with E-state index in [0.717, 1.165) is 0 Å². The van der Waals surface area contributed by atoms with E-state index in [2.05, 4.69) is 20.4 Å². The zero-order chi connectivity index (χ0) is 14.8.